The van der Waals surface area contributed by atoms with Crippen molar-refractivity contribution >= 4 is 19.7 Å². The normalized spacial score (nSPS) is 14.5. The van der Waals surface area contributed by atoms with Gasteiger partial charge in [0.15, 0.2) is 0 Å². The summed E-state index contributed by atoms with van der Waals surface area (Å²) in [5, 5.41) is 2.99. The number of likely N-dealkylation sites (N-methyl/N-ethyl adjacent to an activating group) is 1. The maximum absolute atomic E-state index is 13.5. The van der Waals surface area contributed by atoms with Crippen LogP contribution in [0.5, 0.6) is 0 Å². The number of nitrogens with zero attached hydrogens (tertiary/aromatic N) is 1. The second kappa shape index (κ2) is 51.4. The first-order valence-electron chi connectivity index (χ1n) is 29.1. The highest BCUT2D eigenvalue weighted by atomic mass is 31.2. The molecule has 414 valence electrons. The van der Waals surface area contributed by atoms with Crippen LogP contribution in [0.2, 0.25) is 0 Å². The molecule has 1 N–H and O–H groups in total. The molecule has 0 rings (SSSR count). The number of carbonyl (C=O) groups is 2. The topological polar surface area (TPSA) is 114 Å². The molecule has 0 aromatic rings. The van der Waals surface area contributed by atoms with Gasteiger partial charge >= 0.3 is 5.97 Å². The minimum atomic E-state index is -4.71. The molecule has 0 bridgehead atoms. The third-order valence-electron chi connectivity index (χ3n) is 12.3. The van der Waals surface area contributed by atoms with Gasteiger partial charge in [0.05, 0.1) is 33.8 Å². The van der Waals surface area contributed by atoms with Crippen LogP contribution in [0.4, 0.5) is 0 Å². The number of allylic oxidation sites excluding steroid dienone is 15. The Morgan fingerprint density at radius 2 is 0.931 bits per heavy atom. The molecule has 3 unspecified atom stereocenters. The molecule has 0 aliphatic heterocycles. The molecule has 0 spiro atoms. The quantitative estimate of drug-likeness (QED) is 0.0161. The Morgan fingerprint density at radius 1 is 0.514 bits per heavy atom. The third-order valence-corrected chi connectivity index (χ3v) is 13.2. The lowest BCUT2D eigenvalue weighted by molar-refractivity contribution is -0.870. The van der Waals surface area contributed by atoms with Gasteiger partial charge in [-0.15, -0.1) is 0 Å². The first kappa shape index (κ1) is 68.9. The third kappa shape index (κ3) is 51.8. The molecule has 0 saturated heterocycles. The average Bonchev–Trinajstić information content (AvgIpc) is 3.34. The summed E-state index contributed by atoms with van der Waals surface area (Å²) in [5.74, 6) is -0.616. The Balaban J connectivity index is 5.42. The number of phosphoric acid groups is 1. The van der Waals surface area contributed by atoms with Gasteiger partial charge in [-0.1, -0.05) is 215 Å². The number of phosphoric ester groups is 1. The van der Waals surface area contributed by atoms with E-state index in [9.17, 15) is 19.0 Å². The first-order valence-corrected chi connectivity index (χ1v) is 30.5. The molecule has 10 heteroatoms. The van der Waals surface area contributed by atoms with Crippen molar-refractivity contribution in [3.63, 3.8) is 0 Å². The van der Waals surface area contributed by atoms with Gasteiger partial charge in [0, 0.05) is 12.8 Å². The maximum atomic E-state index is 13.5. The highest BCUT2D eigenvalue weighted by molar-refractivity contribution is 7.45. The minimum absolute atomic E-state index is 0.0375. The molecule has 0 aliphatic carbocycles. The fraction of sp³-hybridized carbons (Fsp3) is 0.710. The first-order chi connectivity index (χ1) is 34.9. The second-order valence-electron chi connectivity index (χ2n) is 20.4. The molecular weight excluding hydrogens is 916 g/mol. The lowest BCUT2D eigenvalue weighted by Gasteiger charge is -2.30. The summed E-state index contributed by atoms with van der Waals surface area (Å²) in [5.41, 5.74) is 0. The van der Waals surface area contributed by atoms with Gasteiger partial charge in [0.25, 0.3) is 7.82 Å². The van der Waals surface area contributed by atoms with Crippen LogP contribution in [-0.2, 0) is 27.9 Å². The fourth-order valence-electron chi connectivity index (χ4n) is 7.77. The van der Waals surface area contributed by atoms with Crippen LogP contribution in [0.1, 0.15) is 233 Å². The van der Waals surface area contributed by atoms with Crippen LogP contribution in [0, 0.1) is 0 Å². The van der Waals surface area contributed by atoms with E-state index in [1.807, 2.05) is 27.2 Å². The van der Waals surface area contributed by atoms with Crippen molar-refractivity contribution in [2.24, 2.45) is 0 Å². The van der Waals surface area contributed by atoms with Crippen molar-refractivity contribution in [1.29, 1.82) is 0 Å². The predicted molar refractivity (Wildman–Crippen MR) is 307 cm³/mol. The molecule has 0 heterocycles. The molecule has 0 aromatic carbocycles. The van der Waals surface area contributed by atoms with E-state index < -0.39 is 26.6 Å². The Hall–Kier alpha value is -3.07. The van der Waals surface area contributed by atoms with Gasteiger partial charge in [0.2, 0.25) is 5.91 Å². The van der Waals surface area contributed by atoms with E-state index in [1.54, 1.807) is 6.08 Å². The largest absolute Gasteiger partial charge is 0.756 e. The highest BCUT2D eigenvalue weighted by Gasteiger charge is 2.27. The van der Waals surface area contributed by atoms with Gasteiger partial charge in [0.1, 0.15) is 19.3 Å². The number of nitrogens with one attached hydrogen (secondary N) is 1. The molecule has 3 atom stereocenters. The molecule has 0 radical (unpaired) electrons. The van der Waals surface area contributed by atoms with Crippen molar-refractivity contribution in [2.45, 2.75) is 245 Å². The number of rotatable bonds is 51. The SMILES string of the molecule is CC/C=C\C/C=C\C/C=C\C/C=C\C/C=C\CCCCCC(=O)OC(/C=C/CCCCCCCCCCC)C(COP(=O)([O-])OCC[N+](C)(C)C)NC(=O)CCCCC/C=C/C=C/CCCCCCCCC. The van der Waals surface area contributed by atoms with Gasteiger partial charge in [-0.25, -0.2) is 0 Å². The summed E-state index contributed by atoms with van der Waals surface area (Å²) in [6, 6.07) is -0.920. The molecule has 0 aromatic heterocycles. The Morgan fingerprint density at radius 3 is 1.42 bits per heavy atom. The van der Waals surface area contributed by atoms with Gasteiger partial charge in [-0.05, 0) is 102 Å². The molecule has 72 heavy (non-hydrogen) atoms. The molecule has 1 amide bonds. The fourth-order valence-corrected chi connectivity index (χ4v) is 8.50. The number of hydrogen-bond acceptors (Lipinski definition) is 7. The molecule has 0 saturated carbocycles. The Bertz CT molecular complexity index is 1560. The number of carbonyl (C=O) groups excluding carboxylic acids is 2. The monoisotopic (exact) mass is 1020 g/mol. The van der Waals surface area contributed by atoms with Crippen molar-refractivity contribution in [1.82, 2.24) is 5.32 Å². The van der Waals surface area contributed by atoms with Crippen LogP contribution < -0.4 is 10.2 Å². The average molecular weight is 1030 g/mol. The Labute approximate surface area is 443 Å². The van der Waals surface area contributed by atoms with E-state index in [-0.39, 0.29) is 31.3 Å². The second-order valence-corrected chi connectivity index (χ2v) is 21.8. The van der Waals surface area contributed by atoms with Crippen molar-refractivity contribution < 1.29 is 37.3 Å². The van der Waals surface area contributed by atoms with Gasteiger partial charge in [-0.2, -0.15) is 0 Å². The van der Waals surface area contributed by atoms with Gasteiger partial charge < -0.3 is 28.5 Å². The smallest absolute Gasteiger partial charge is 0.306 e. The minimum Gasteiger partial charge on any atom is -0.756 e. The van der Waals surface area contributed by atoms with E-state index >= 15 is 0 Å². The van der Waals surface area contributed by atoms with E-state index in [0.29, 0.717) is 23.9 Å². The zero-order valence-electron chi connectivity index (χ0n) is 47.1. The Kier molecular flexibility index (Phi) is 49.2. The van der Waals surface area contributed by atoms with Crippen molar-refractivity contribution in [3.05, 3.63) is 97.2 Å². The van der Waals surface area contributed by atoms with Crippen LogP contribution >= 0.6 is 7.82 Å². The lowest BCUT2D eigenvalue weighted by atomic mass is 10.1. The van der Waals surface area contributed by atoms with E-state index in [2.05, 4.69) is 111 Å². The lowest BCUT2D eigenvalue weighted by Crippen LogP contribution is -2.47. The van der Waals surface area contributed by atoms with E-state index in [0.717, 1.165) is 96.3 Å². The van der Waals surface area contributed by atoms with Crippen LogP contribution in [0.3, 0.4) is 0 Å². The maximum Gasteiger partial charge on any atom is 0.306 e. The van der Waals surface area contributed by atoms with Crippen LogP contribution in [0.15, 0.2) is 97.2 Å². The molecule has 9 nitrogen and oxygen atoms in total. The van der Waals surface area contributed by atoms with E-state index in [1.165, 1.54) is 89.9 Å². The van der Waals surface area contributed by atoms with Crippen LogP contribution in [-0.4, -0.2) is 69.4 Å². The molecule has 0 fully saturated rings. The zero-order valence-corrected chi connectivity index (χ0v) is 48.0. The molecular formula is C62H109N2O7P. The van der Waals surface area contributed by atoms with Crippen molar-refractivity contribution in [2.75, 3.05) is 40.9 Å². The standard InChI is InChI=1S/C62H109N2O7P/c1-7-10-13-16-19-22-25-27-29-31-32-33-35-37-40-43-46-49-52-55-62(66)71-60(53-50-47-44-41-38-24-21-18-15-12-9-3)59(58-70-72(67,68)69-57-56-64(4,5)6)63-61(65)54-51-48-45-42-39-36-34-30-28-26-23-20-17-14-11-8-2/h10,13,19,22,27,29-30,32-34,36-37,39-40,50,53,59-60H,7-9,11-12,14-18,20-21,23-26,28,31,35,38,41-49,51-52,54-58H2,1-6H3,(H-,63,65,67,68)/b13-10-,22-19-,29-27-,33-32-,34-30+,39-36+,40-37-,53-50+. The van der Waals surface area contributed by atoms with Gasteiger partial charge in [-0.3, -0.25) is 14.2 Å². The van der Waals surface area contributed by atoms with Crippen molar-refractivity contribution in [3.8, 4) is 0 Å². The number of amides is 1. The van der Waals surface area contributed by atoms with E-state index in [4.69, 9.17) is 13.8 Å². The summed E-state index contributed by atoms with van der Waals surface area (Å²) in [7, 11) is 1.13. The summed E-state index contributed by atoms with van der Waals surface area (Å²) < 4.78 is 30.2. The number of ether oxygens (including phenoxy) is 1. The summed E-state index contributed by atoms with van der Waals surface area (Å²) in [4.78, 5) is 39.8. The highest BCUT2D eigenvalue weighted by Crippen LogP contribution is 2.38. The number of quaternary nitrogens is 1. The predicted octanol–water partition coefficient (Wildman–Crippen LogP) is 17.0. The summed E-state index contributed by atoms with van der Waals surface area (Å²) >= 11 is 0. The van der Waals surface area contributed by atoms with Crippen LogP contribution in [0.25, 0.3) is 0 Å². The summed E-state index contributed by atoms with van der Waals surface area (Å²) in [6.07, 6.45) is 68.1. The number of esters is 1. The molecule has 0 aliphatic rings. The zero-order chi connectivity index (χ0) is 52.9. The summed E-state index contributed by atoms with van der Waals surface area (Å²) in [6.45, 7) is 6.65. The number of unbranched alkanes of at least 4 members (excludes halogenated alkanes) is 22. The number of hydrogen-bond donors (Lipinski definition) is 1.